The molecule has 0 amide bonds. The molecule has 1 saturated heterocycles. The van der Waals surface area contributed by atoms with Crippen molar-refractivity contribution in [2.24, 2.45) is 0 Å². The maximum Gasteiger partial charge on any atom is 0.132 e. The first-order valence-electron chi connectivity index (χ1n) is 5.38. The predicted molar refractivity (Wildman–Crippen MR) is 68.0 cm³/mol. The van der Waals surface area contributed by atoms with Crippen LogP contribution in [0.3, 0.4) is 0 Å². The van der Waals surface area contributed by atoms with Crippen LogP contribution in [-0.2, 0) is 0 Å². The van der Waals surface area contributed by atoms with Crippen LogP contribution in [0.5, 0.6) is 0 Å². The first-order valence-corrected chi connectivity index (χ1v) is 5.76. The van der Waals surface area contributed by atoms with E-state index in [0.29, 0.717) is 16.1 Å². The van der Waals surface area contributed by atoms with E-state index in [9.17, 15) is 4.39 Å². The van der Waals surface area contributed by atoms with Gasteiger partial charge in [-0.05, 0) is 37.9 Å². The fraction of sp³-hybridized carbons (Fsp3) is 0.500. The summed E-state index contributed by atoms with van der Waals surface area (Å²) in [5.74, 6) is -0.151. The summed E-state index contributed by atoms with van der Waals surface area (Å²) in [6.45, 7) is 2.73. The second kappa shape index (κ2) is 5.85. The van der Waals surface area contributed by atoms with E-state index >= 15 is 0 Å². The number of nitrogens with one attached hydrogen (secondary N) is 1. The normalized spacial score (nSPS) is 20.3. The van der Waals surface area contributed by atoms with Crippen molar-refractivity contribution in [3.63, 3.8) is 0 Å². The van der Waals surface area contributed by atoms with Crippen LogP contribution >= 0.6 is 24.0 Å². The van der Waals surface area contributed by atoms with E-state index in [1.165, 1.54) is 6.42 Å². The fourth-order valence-electron chi connectivity index (χ4n) is 2.10. The highest BCUT2D eigenvalue weighted by atomic mass is 35.5. The highest BCUT2D eigenvalue weighted by Crippen LogP contribution is 2.32. The Morgan fingerprint density at radius 1 is 1.38 bits per heavy atom. The van der Waals surface area contributed by atoms with E-state index in [2.05, 4.69) is 5.32 Å². The molecule has 0 radical (unpaired) electrons. The van der Waals surface area contributed by atoms with Crippen molar-refractivity contribution in [2.45, 2.75) is 32.2 Å². The number of halogens is 3. The molecule has 1 aliphatic heterocycles. The van der Waals surface area contributed by atoms with Gasteiger partial charge in [-0.3, -0.25) is 0 Å². The molecule has 1 aliphatic rings. The van der Waals surface area contributed by atoms with E-state index in [4.69, 9.17) is 11.6 Å². The summed E-state index contributed by atoms with van der Waals surface area (Å²) in [7, 11) is 0. The first kappa shape index (κ1) is 13.8. The lowest BCUT2D eigenvalue weighted by molar-refractivity contribution is 0.399. The van der Waals surface area contributed by atoms with Gasteiger partial charge in [0.25, 0.3) is 0 Å². The van der Waals surface area contributed by atoms with Crippen LogP contribution in [0.25, 0.3) is 0 Å². The molecule has 0 bridgehead atoms. The van der Waals surface area contributed by atoms with Crippen molar-refractivity contribution in [1.82, 2.24) is 5.32 Å². The Morgan fingerprint density at radius 2 is 2.12 bits per heavy atom. The average Bonchev–Trinajstić information content (AvgIpc) is 2.26. The molecule has 1 fully saturated rings. The third-order valence-electron chi connectivity index (χ3n) is 2.98. The molecular weight excluding hydrogens is 248 g/mol. The van der Waals surface area contributed by atoms with E-state index < -0.39 is 0 Å². The average molecular weight is 264 g/mol. The zero-order valence-electron chi connectivity index (χ0n) is 9.22. The molecule has 1 aromatic carbocycles. The van der Waals surface area contributed by atoms with Gasteiger partial charge in [-0.25, -0.2) is 4.39 Å². The van der Waals surface area contributed by atoms with Crippen LogP contribution in [0, 0.1) is 12.7 Å². The van der Waals surface area contributed by atoms with E-state index in [1.807, 2.05) is 0 Å². The molecule has 0 saturated carbocycles. The van der Waals surface area contributed by atoms with Crippen molar-refractivity contribution in [2.75, 3.05) is 6.54 Å². The van der Waals surface area contributed by atoms with Gasteiger partial charge in [0.05, 0.1) is 0 Å². The third kappa shape index (κ3) is 2.68. The van der Waals surface area contributed by atoms with Gasteiger partial charge >= 0.3 is 0 Å². The monoisotopic (exact) mass is 263 g/mol. The summed E-state index contributed by atoms with van der Waals surface area (Å²) in [5, 5.41) is 3.86. The Labute approximate surface area is 107 Å². The van der Waals surface area contributed by atoms with Crippen molar-refractivity contribution in [1.29, 1.82) is 0 Å². The SMILES string of the molecule is Cc1ccc(Cl)c([C@@H]2CCCCN2)c1F.Cl. The molecule has 0 aromatic heterocycles. The van der Waals surface area contributed by atoms with E-state index in [1.54, 1.807) is 19.1 Å². The van der Waals surface area contributed by atoms with Crippen LogP contribution < -0.4 is 5.32 Å². The molecule has 2 rings (SSSR count). The van der Waals surface area contributed by atoms with Gasteiger partial charge in [0.2, 0.25) is 0 Å². The third-order valence-corrected chi connectivity index (χ3v) is 3.31. The molecule has 0 spiro atoms. The molecule has 4 heteroatoms. The second-order valence-electron chi connectivity index (χ2n) is 4.09. The molecule has 90 valence electrons. The van der Waals surface area contributed by atoms with E-state index in [-0.39, 0.29) is 24.3 Å². The van der Waals surface area contributed by atoms with Gasteiger partial charge in [-0.15, -0.1) is 12.4 Å². The molecule has 0 unspecified atom stereocenters. The highest BCUT2D eigenvalue weighted by molar-refractivity contribution is 6.31. The maximum absolute atomic E-state index is 13.9. The Morgan fingerprint density at radius 3 is 2.75 bits per heavy atom. The molecule has 16 heavy (non-hydrogen) atoms. The van der Waals surface area contributed by atoms with Gasteiger partial charge < -0.3 is 5.32 Å². The number of piperidine rings is 1. The summed E-state index contributed by atoms with van der Waals surface area (Å²) in [6, 6.07) is 3.60. The minimum atomic E-state index is -0.151. The van der Waals surface area contributed by atoms with Crippen molar-refractivity contribution < 1.29 is 4.39 Å². The first-order chi connectivity index (χ1) is 7.20. The summed E-state index contributed by atoms with van der Waals surface area (Å²) in [5.41, 5.74) is 1.32. The Hall–Kier alpha value is -0.310. The molecule has 1 atom stereocenters. The zero-order valence-corrected chi connectivity index (χ0v) is 10.8. The highest BCUT2D eigenvalue weighted by Gasteiger charge is 2.21. The largest absolute Gasteiger partial charge is 0.310 e. The number of benzene rings is 1. The molecule has 0 aliphatic carbocycles. The summed E-state index contributed by atoms with van der Waals surface area (Å²) in [4.78, 5) is 0. The van der Waals surface area contributed by atoms with Gasteiger partial charge in [0.1, 0.15) is 5.82 Å². The molecular formula is C12H16Cl2FN. The summed E-state index contributed by atoms with van der Waals surface area (Å²) < 4.78 is 13.9. The maximum atomic E-state index is 13.9. The van der Waals surface area contributed by atoms with Crippen LogP contribution in [0.2, 0.25) is 5.02 Å². The second-order valence-corrected chi connectivity index (χ2v) is 4.50. The van der Waals surface area contributed by atoms with Gasteiger partial charge in [0.15, 0.2) is 0 Å². The number of hydrogen-bond acceptors (Lipinski definition) is 1. The number of hydrogen-bond donors (Lipinski definition) is 1. The lowest BCUT2D eigenvalue weighted by atomic mass is 9.95. The standard InChI is InChI=1S/C12H15ClFN.ClH/c1-8-5-6-9(13)11(12(8)14)10-4-2-3-7-15-10;/h5-6,10,15H,2-4,7H2,1H3;1H/t10-;/m0./s1. The predicted octanol–water partition coefficient (Wildman–Crippen LogP) is 4.02. The van der Waals surface area contributed by atoms with Crippen molar-refractivity contribution in [3.05, 3.63) is 34.1 Å². The van der Waals surface area contributed by atoms with Crippen molar-refractivity contribution >= 4 is 24.0 Å². The number of aryl methyl sites for hydroxylation is 1. The Balaban J connectivity index is 0.00000128. The molecule has 1 N–H and O–H groups in total. The minimum Gasteiger partial charge on any atom is -0.310 e. The fourth-order valence-corrected chi connectivity index (χ4v) is 2.37. The van der Waals surface area contributed by atoms with Crippen LogP contribution in [0.1, 0.15) is 36.4 Å². The zero-order chi connectivity index (χ0) is 10.8. The minimum absolute atomic E-state index is 0. The van der Waals surface area contributed by atoms with Crippen LogP contribution in [-0.4, -0.2) is 6.54 Å². The van der Waals surface area contributed by atoms with Crippen LogP contribution in [0.4, 0.5) is 4.39 Å². The van der Waals surface area contributed by atoms with Gasteiger partial charge in [-0.1, -0.05) is 24.1 Å². The Bertz CT molecular complexity index is 362. The molecule has 1 nitrogen and oxygen atoms in total. The lowest BCUT2D eigenvalue weighted by Gasteiger charge is -2.25. The quantitative estimate of drug-likeness (QED) is 0.807. The number of rotatable bonds is 1. The topological polar surface area (TPSA) is 12.0 Å². The summed E-state index contributed by atoms with van der Waals surface area (Å²) in [6.07, 6.45) is 3.28. The van der Waals surface area contributed by atoms with E-state index in [0.717, 1.165) is 19.4 Å². The summed E-state index contributed by atoms with van der Waals surface area (Å²) >= 11 is 6.05. The van der Waals surface area contributed by atoms with Gasteiger partial charge in [0, 0.05) is 16.6 Å². The lowest BCUT2D eigenvalue weighted by Crippen LogP contribution is -2.28. The Kier molecular flexibility index (Phi) is 5.03. The smallest absolute Gasteiger partial charge is 0.132 e. The van der Waals surface area contributed by atoms with Crippen LogP contribution in [0.15, 0.2) is 12.1 Å². The van der Waals surface area contributed by atoms with Crippen molar-refractivity contribution in [3.8, 4) is 0 Å². The molecule has 1 heterocycles. The van der Waals surface area contributed by atoms with Gasteiger partial charge in [-0.2, -0.15) is 0 Å². The molecule has 1 aromatic rings.